The Hall–Kier alpha value is -8.41. The van der Waals surface area contributed by atoms with Crippen LogP contribution >= 0.6 is 0 Å². The highest BCUT2D eigenvalue weighted by atomic mass is 35.5. The van der Waals surface area contributed by atoms with E-state index in [1.54, 1.807) is 0 Å². The molecule has 0 saturated carbocycles. The van der Waals surface area contributed by atoms with Crippen LogP contribution in [0.3, 0.4) is 0 Å². The molecule has 0 saturated heterocycles. The number of halogens is 7. The molecule has 2 atom stereocenters. The Morgan fingerprint density at radius 3 is 1.25 bits per heavy atom. The number of urea groups is 2. The van der Waals surface area contributed by atoms with E-state index in [2.05, 4.69) is 10.6 Å². The molecule has 6 rings (SSSR count). The Bertz CT molecular complexity index is 2840. The van der Waals surface area contributed by atoms with E-state index < -0.39 is 84.5 Å². The van der Waals surface area contributed by atoms with Crippen molar-refractivity contribution in [3.63, 3.8) is 0 Å². The molecule has 2 aliphatic rings. The summed E-state index contributed by atoms with van der Waals surface area (Å²) in [6, 6.07) is 18.2. The summed E-state index contributed by atoms with van der Waals surface area (Å²) in [4.78, 5) is 84.8. The molecule has 0 unspecified atom stereocenters. The largest absolute Gasteiger partial charge is 1.00 e. The third-order valence-corrected chi connectivity index (χ3v) is 12.6. The summed E-state index contributed by atoms with van der Waals surface area (Å²) in [6.07, 6.45) is -8.93. The number of nitriles is 2. The van der Waals surface area contributed by atoms with Crippen molar-refractivity contribution in [3.8, 4) is 12.1 Å². The standard InChI is InChI=1S/C52H49F6N9O8.ClH/c1-31-43(45(35-17-13-33(27-59)14-18-35)63(29-41(68)69)49(74)65(31)39-11-5-9-37(25-39)51(53,54)55)47(72)61-21-7-23-67(3,4)24-8-22-62-48(73)44-32(2)66(40-12-6-10-38(26-40)52(56,57)58)50(75)64(30-42(70)71)46(44)36-19-15-34(28-60)16-20-36;/h5-6,9-20,25-26,45-46H,7-8,21-24,29-30H2,1-4H3,(H3-,61,62,68,69,70,71,72,73);1H/t45-,46-;/m1./s1. The lowest BCUT2D eigenvalue weighted by atomic mass is 9.91. The number of aliphatic carboxylic acids is 2. The second kappa shape index (κ2) is 23.9. The minimum absolute atomic E-state index is 0. The molecule has 4 aromatic rings. The highest BCUT2D eigenvalue weighted by Crippen LogP contribution is 2.43. The number of carbonyl (C=O) groups excluding carboxylic acids is 4. The van der Waals surface area contributed by atoms with Gasteiger partial charge >= 0.3 is 36.4 Å². The maximum Gasteiger partial charge on any atom is 0.416 e. The number of nitrogens with one attached hydrogen (secondary N) is 2. The number of amides is 6. The minimum Gasteiger partial charge on any atom is -1.00 e. The molecule has 400 valence electrons. The summed E-state index contributed by atoms with van der Waals surface area (Å²) in [5.74, 6) is -4.45. The summed E-state index contributed by atoms with van der Waals surface area (Å²) < 4.78 is 83.4. The first-order valence-electron chi connectivity index (χ1n) is 23.1. The van der Waals surface area contributed by atoms with Crippen LogP contribution in [-0.2, 0) is 31.5 Å². The van der Waals surface area contributed by atoms with Gasteiger partial charge in [-0.3, -0.25) is 29.0 Å². The summed E-state index contributed by atoms with van der Waals surface area (Å²) in [5, 5.41) is 44.3. The monoisotopic (exact) mass is 1080 g/mol. The van der Waals surface area contributed by atoms with E-state index >= 15 is 0 Å². The fraction of sp³-hybridized carbons (Fsp3) is 0.308. The number of carboxylic acid groups (broad SMARTS) is 2. The van der Waals surface area contributed by atoms with Crippen LogP contribution in [0.15, 0.2) is 120 Å². The van der Waals surface area contributed by atoms with Crippen LogP contribution in [-0.4, -0.2) is 114 Å². The van der Waals surface area contributed by atoms with Crippen LogP contribution < -0.4 is 32.8 Å². The minimum atomic E-state index is -4.80. The van der Waals surface area contributed by atoms with Gasteiger partial charge in [0, 0.05) is 37.3 Å². The predicted octanol–water partition coefficient (Wildman–Crippen LogP) is 4.94. The van der Waals surface area contributed by atoms with Crippen molar-refractivity contribution in [1.29, 1.82) is 10.5 Å². The van der Waals surface area contributed by atoms with Gasteiger partial charge in [0.05, 0.1) is 96.2 Å². The summed E-state index contributed by atoms with van der Waals surface area (Å²) in [6.45, 7) is 1.72. The number of quaternary nitrogens is 1. The van der Waals surface area contributed by atoms with Crippen LogP contribution in [0.5, 0.6) is 0 Å². The van der Waals surface area contributed by atoms with E-state index in [9.17, 15) is 75.8 Å². The van der Waals surface area contributed by atoms with Crippen molar-refractivity contribution in [2.45, 2.75) is 51.1 Å². The molecule has 76 heavy (non-hydrogen) atoms. The molecule has 4 N–H and O–H groups in total. The second-order valence-corrected chi connectivity index (χ2v) is 18.2. The molecular weight excluding hydrogens is 1030 g/mol. The van der Waals surface area contributed by atoms with Gasteiger partial charge in [-0.1, -0.05) is 36.4 Å². The maximum atomic E-state index is 14.3. The van der Waals surface area contributed by atoms with Crippen molar-refractivity contribution in [3.05, 3.63) is 153 Å². The lowest BCUT2D eigenvalue weighted by Crippen LogP contribution is -3.00. The molecule has 0 bridgehead atoms. The average Bonchev–Trinajstić information content (AvgIpc) is 3.36. The molecule has 24 heteroatoms. The van der Waals surface area contributed by atoms with E-state index in [0.29, 0.717) is 42.5 Å². The molecule has 0 aromatic heterocycles. The fourth-order valence-electron chi connectivity index (χ4n) is 9.04. The van der Waals surface area contributed by atoms with Crippen LogP contribution in [0.2, 0.25) is 0 Å². The molecule has 0 aliphatic carbocycles. The lowest BCUT2D eigenvalue weighted by Gasteiger charge is -2.42. The molecule has 0 fully saturated rings. The first-order valence-corrected chi connectivity index (χ1v) is 23.1. The van der Waals surface area contributed by atoms with E-state index in [1.807, 2.05) is 26.2 Å². The average molecular weight is 1080 g/mol. The molecule has 6 amide bonds. The zero-order valence-electron chi connectivity index (χ0n) is 41.2. The predicted molar refractivity (Wildman–Crippen MR) is 258 cm³/mol. The second-order valence-electron chi connectivity index (χ2n) is 18.2. The highest BCUT2D eigenvalue weighted by molar-refractivity contribution is 6.07. The van der Waals surface area contributed by atoms with Gasteiger partial charge in [-0.2, -0.15) is 36.9 Å². The number of rotatable bonds is 18. The Morgan fingerprint density at radius 1 is 0.605 bits per heavy atom. The Balaban J connectivity index is 0.0000107. The highest BCUT2D eigenvalue weighted by Gasteiger charge is 2.46. The van der Waals surface area contributed by atoms with E-state index in [-0.39, 0.29) is 81.7 Å². The summed E-state index contributed by atoms with van der Waals surface area (Å²) in [5.41, 5.74) is -2.20. The zero-order valence-corrected chi connectivity index (χ0v) is 41.9. The number of allylic oxidation sites excluding steroid dienone is 2. The van der Waals surface area contributed by atoms with Crippen molar-refractivity contribution in [2.24, 2.45) is 0 Å². The molecule has 2 heterocycles. The van der Waals surface area contributed by atoms with Gasteiger partial charge in [0.1, 0.15) is 13.1 Å². The smallest absolute Gasteiger partial charge is 0.416 e. The van der Waals surface area contributed by atoms with Crippen LogP contribution in [0.25, 0.3) is 0 Å². The van der Waals surface area contributed by atoms with Gasteiger partial charge in [0.2, 0.25) is 0 Å². The Morgan fingerprint density at radius 2 is 0.947 bits per heavy atom. The number of anilines is 2. The van der Waals surface area contributed by atoms with Crippen LogP contribution in [0, 0.1) is 22.7 Å². The van der Waals surface area contributed by atoms with E-state index in [1.165, 1.54) is 74.5 Å². The summed E-state index contributed by atoms with van der Waals surface area (Å²) >= 11 is 0. The number of nitrogens with zero attached hydrogens (tertiary/aromatic N) is 7. The van der Waals surface area contributed by atoms with Gasteiger partial charge in [-0.05, 0) is 85.6 Å². The molecule has 0 radical (unpaired) electrons. The first-order chi connectivity index (χ1) is 35.3. The number of alkyl halides is 6. The maximum absolute atomic E-state index is 14.3. The van der Waals surface area contributed by atoms with E-state index in [4.69, 9.17) is 0 Å². The third-order valence-electron chi connectivity index (χ3n) is 12.6. The number of benzene rings is 4. The number of hydrogen-bond donors (Lipinski definition) is 4. The molecule has 17 nitrogen and oxygen atoms in total. The lowest BCUT2D eigenvalue weighted by molar-refractivity contribution is -0.890. The topological polar surface area (TPSA) is 227 Å². The van der Waals surface area contributed by atoms with E-state index in [0.717, 1.165) is 43.9 Å². The third kappa shape index (κ3) is 13.3. The Kier molecular flexibility index (Phi) is 18.4. The van der Waals surface area contributed by atoms with Crippen LogP contribution in [0.1, 0.15) is 72.2 Å². The molecule has 0 spiro atoms. The Labute approximate surface area is 438 Å². The summed E-state index contributed by atoms with van der Waals surface area (Å²) in [7, 11) is 3.75. The molecule has 4 aromatic carbocycles. The first kappa shape index (κ1) is 58.5. The number of carboxylic acids is 2. The van der Waals surface area contributed by atoms with Crippen molar-refractivity contribution in [1.82, 2.24) is 20.4 Å². The molecule has 2 aliphatic heterocycles. The van der Waals surface area contributed by atoms with Gasteiger partial charge in [-0.25, -0.2) is 9.59 Å². The van der Waals surface area contributed by atoms with Gasteiger partial charge in [-0.15, -0.1) is 0 Å². The quantitative estimate of drug-likeness (QED) is 0.0596. The van der Waals surface area contributed by atoms with Crippen molar-refractivity contribution < 1.29 is 82.2 Å². The molecular formula is C52H50ClF6N9O8. The van der Waals surface area contributed by atoms with Gasteiger partial charge < -0.3 is 47.5 Å². The zero-order chi connectivity index (χ0) is 55.2. The van der Waals surface area contributed by atoms with Gasteiger partial charge in [0.15, 0.2) is 0 Å². The fourth-order valence-corrected chi connectivity index (χ4v) is 9.04. The number of hydrogen-bond acceptors (Lipinski definition) is 8. The van der Waals surface area contributed by atoms with Crippen molar-refractivity contribution in [2.75, 3.05) is 63.2 Å². The van der Waals surface area contributed by atoms with Crippen molar-refractivity contribution >= 4 is 47.2 Å². The SMILES string of the molecule is CC1=C(C(=O)NCCC[N+](C)(C)CCCNC(=O)C2=C(C)N(c3cccc(C(F)(F)F)c3)C(=O)N(CC(=O)O)[C@@H]2c2ccc(C#N)cc2)[C@@H](c2ccc(C#N)cc2)N(CC(=O)O)C(=O)N1c1cccc(C(F)(F)F)c1.[Cl-]. The van der Waals surface area contributed by atoms with Crippen LogP contribution in [0.4, 0.5) is 47.3 Å². The van der Waals surface area contributed by atoms with Gasteiger partial charge in [0.25, 0.3) is 11.8 Å². The normalized spacial score (nSPS) is 16.2. The number of carbonyl (C=O) groups is 6.